The van der Waals surface area contributed by atoms with Crippen molar-refractivity contribution in [2.45, 2.75) is 86.2 Å². The molecule has 0 radical (unpaired) electrons. The van der Waals surface area contributed by atoms with Crippen LogP contribution in [0.15, 0.2) is 48.5 Å². The van der Waals surface area contributed by atoms with Crippen LogP contribution in [-0.2, 0) is 25.9 Å². The Morgan fingerprint density at radius 2 is 1.70 bits per heavy atom. The van der Waals surface area contributed by atoms with E-state index in [1.807, 2.05) is 0 Å². The van der Waals surface area contributed by atoms with E-state index < -0.39 is 0 Å². The van der Waals surface area contributed by atoms with E-state index in [-0.39, 0.29) is 5.41 Å². The van der Waals surface area contributed by atoms with Gasteiger partial charge >= 0.3 is 0 Å². The summed E-state index contributed by atoms with van der Waals surface area (Å²) in [4.78, 5) is 10.4. The first-order chi connectivity index (χ1) is 17.8. The Morgan fingerprint density at radius 3 is 2.41 bits per heavy atom. The van der Waals surface area contributed by atoms with Crippen LogP contribution in [0.25, 0.3) is 21.9 Å². The van der Waals surface area contributed by atoms with E-state index in [4.69, 9.17) is 9.97 Å². The maximum atomic E-state index is 5.26. The lowest BCUT2D eigenvalue weighted by atomic mass is 9.76. The zero-order valence-corrected chi connectivity index (χ0v) is 23.5. The van der Waals surface area contributed by atoms with Crippen LogP contribution in [-0.4, -0.2) is 21.1 Å². The number of fused-ring (bicyclic) bond motifs is 3. The molecule has 4 aromatic rings. The zero-order chi connectivity index (χ0) is 26.0. The van der Waals surface area contributed by atoms with Crippen molar-refractivity contribution in [3.05, 3.63) is 71.2 Å². The third-order valence-corrected chi connectivity index (χ3v) is 7.78. The molecule has 4 heteroatoms. The summed E-state index contributed by atoms with van der Waals surface area (Å²) in [6.45, 7) is 14.4. The summed E-state index contributed by atoms with van der Waals surface area (Å²) in [5.41, 5.74) is 7.37. The van der Waals surface area contributed by atoms with Gasteiger partial charge in [-0.3, -0.25) is 4.98 Å². The van der Waals surface area contributed by atoms with Gasteiger partial charge in [0, 0.05) is 24.9 Å². The van der Waals surface area contributed by atoms with Crippen molar-refractivity contribution >= 4 is 21.9 Å². The van der Waals surface area contributed by atoms with Gasteiger partial charge in [0.1, 0.15) is 11.3 Å². The highest BCUT2D eigenvalue weighted by Crippen LogP contribution is 2.33. The van der Waals surface area contributed by atoms with Crippen molar-refractivity contribution in [2.75, 3.05) is 6.54 Å². The van der Waals surface area contributed by atoms with E-state index in [2.05, 4.69) is 93.0 Å². The standard InChI is InChI=1S/C33H44N4/c1-6-7-12-30-36-31-29(19-33(3,4)5)35-28-11-9-8-10-27(28)32(31)37(30)22-25-15-13-24(14-16-25)20-34-21-26-17-23(2)18-26/h8-11,13-16,23,26,34H,6-7,12,17-22H2,1-5H3. The Bertz CT molecular complexity index is 1340. The largest absolute Gasteiger partial charge is 0.323 e. The normalized spacial score (nSPS) is 18.0. The maximum absolute atomic E-state index is 5.26. The number of benzene rings is 2. The molecule has 1 N–H and O–H groups in total. The number of hydrogen-bond donors (Lipinski definition) is 1. The average molecular weight is 497 g/mol. The highest BCUT2D eigenvalue weighted by atomic mass is 15.1. The second kappa shape index (κ2) is 10.9. The number of hydrogen-bond acceptors (Lipinski definition) is 3. The van der Waals surface area contributed by atoms with Crippen LogP contribution >= 0.6 is 0 Å². The zero-order valence-electron chi connectivity index (χ0n) is 23.5. The van der Waals surface area contributed by atoms with Gasteiger partial charge in [-0.15, -0.1) is 0 Å². The minimum Gasteiger partial charge on any atom is -0.323 e. The molecule has 0 aliphatic heterocycles. The van der Waals surface area contributed by atoms with Gasteiger partial charge in [0.15, 0.2) is 0 Å². The molecule has 2 heterocycles. The Hall–Kier alpha value is -2.72. The van der Waals surface area contributed by atoms with Crippen LogP contribution < -0.4 is 5.32 Å². The van der Waals surface area contributed by atoms with E-state index >= 15 is 0 Å². The van der Waals surface area contributed by atoms with Gasteiger partial charge in [-0.05, 0) is 66.7 Å². The Kier molecular flexibility index (Phi) is 7.67. The van der Waals surface area contributed by atoms with Gasteiger partial charge < -0.3 is 9.88 Å². The van der Waals surface area contributed by atoms with Gasteiger partial charge in [0.2, 0.25) is 0 Å². The van der Waals surface area contributed by atoms with E-state index in [1.165, 1.54) is 47.1 Å². The summed E-state index contributed by atoms with van der Waals surface area (Å²) >= 11 is 0. The molecule has 1 aliphatic rings. The number of imidazole rings is 1. The summed E-state index contributed by atoms with van der Waals surface area (Å²) in [6.07, 6.45) is 6.99. The summed E-state index contributed by atoms with van der Waals surface area (Å²) in [7, 11) is 0. The Labute approximate surface area is 222 Å². The van der Waals surface area contributed by atoms with Crippen molar-refractivity contribution in [1.29, 1.82) is 0 Å². The van der Waals surface area contributed by atoms with Gasteiger partial charge in [0.25, 0.3) is 0 Å². The van der Waals surface area contributed by atoms with Crippen LogP contribution in [0.4, 0.5) is 0 Å². The number of aryl methyl sites for hydroxylation is 1. The highest BCUT2D eigenvalue weighted by molar-refractivity contribution is 6.03. The third-order valence-electron chi connectivity index (χ3n) is 7.78. The molecule has 1 saturated carbocycles. The predicted octanol–water partition coefficient (Wildman–Crippen LogP) is 7.70. The summed E-state index contributed by atoms with van der Waals surface area (Å²) < 4.78 is 2.48. The van der Waals surface area contributed by atoms with Crippen LogP contribution in [0.5, 0.6) is 0 Å². The van der Waals surface area contributed by atoms with Gasteiger partial charge in [-0.1, -0.05) is 83.5 Å². The van der Waals surface area contributed by atoms with Crippen LogP contribution in [0.1, 0.15) is 82.9 Å². The monoisotopic (exact) mass is 496 g/mol. The lowest BCUT2D eigenvalue weighted by Crippen LogP contribution is -2.31. The van der Waals surface area contributed by atoms with Crippen molar-refractivity contribution in [3.63, 3.8) is 0 Å². The molecular weight excluding hydrogens is 452 g/mol. The minimum atomic E-state index is 0.149. The molecule has 5 rings (SSSR count). The Balaban J connectivity index is 1.46. The number of aromatic nitrogens is 3. The molecule has 37 heavy (non-hydrogen) atoms. The van der Waals surface area contributed by atoms with Crippen LogP contribution in [0.3, 0.4) is 0 Å². The lowest BCUT2D eigenvalue weighted by molar-refractivity contribution is 0.206. The molecule has 2 aromatic carbocycles. The van der Waals surface area contributed by atoms with Gasteiger partial charge in [-0.25, -0.2) is 4.98 Å². The number of nitrogens with one attached hydrogen (secondary N) is 1. The van der Waals surface area contributed by atoms with Gasteiger partial charge in [-0.2, -0.15) is 0 Å². The van der Waals surface area contributed by atoms with E-state index in [1.54, 1.807) is 0 Å². The van der Waals surface area contributed by atoms with Gasteiger partial charge in [0.05, 0.1) is 16.7 Å². The minimum absolute atomic E-state index is 0.149. The molecule has 0 saturated heterocycles. The molecule has 196 valence electrons. The van der Waals surface area contributed by atoms with E-state index in [0.29, 0.717) is 0 Å². The molecule has 0 atom stereocenters. The topological polar surface area (TPSA) is 42.7 Å². The molecular formula is C33H44N4. The number of unbranched alkanes of at least 4 members (excludes halogenated alkanes) is 1. The molecule has 4 nitrogen and oxygen atoms in total. The summed E-state index contributed by atoms with van der Waals surface area (Å²) in [5, 5.41) is 4.87. The molecule has 1 fully saturated rings. The molecule has 0 unspecified atom stereocenters. The van der Waals surface area contributed by atoms with Crippen LogP contribution in [0, 0.1) is 17.3 Å². The molecule has 0 spiro atoms. The van der Waals surface area contributed by atoms with Crippen molar-refractivity contribution in [1.82, 2.24) is 19.9 Å². The number of pyridine rings is 1. The number of para-hydroxylation sites is 1. The van der Waals surface area contributed by atoms with Crippen molar-refractivity contribution in [3.8, 4) is 0 Å². The SMILES string of the molecule is CCCCc1nc2c(CC(C)(C)C)nc3ccccc3c2n1Cc1ccc(CNCC2CC(C)C2)cc1. The number of nitrogens with zero attached hydrogens (tertiary/aromatic N) is 3. The smallest absolute Gasteiger partial charge is 0.111 e. The molecule has 1 aliphatic carbocycles. The first-order valence-electron chi connectivity index (χ1n) is 14.4. The van der Waals surface area contributed by atoms with Crippen LogP contribution in [0.2, 0.25) is 0 Å². The van der Waals surface area contributed by atoms with E-state index in [9.17, 15) is 0 Å². The highest BCUT2D eigenvalue weighted by Gasteiger charge is 2.24. The second-order valence-corrected chi connectivity index (χ2v) is 12.6. The summed E-state index contributed by atoms with van der Waals surface area (Å²) in [6, 6.07) is 17.8. The molecule has 0 amide bonds. The quantitative estimate of drug-likeness (QED) is 0.245. The van der Waals surface area contributed by atoms with Crippen molar-refractivity contribution in [2.24, 2.45) is 17.3 Å². The van der Waals surface area contributed by atoms with Crippen molar-refractivity contribution < 1.29 is 0 Å². The second-order valence-electron chi connectivity index (χ2n) is 12.6. The third kappa shape index (κ3) is 6.06. The average Bonchev–Trinajstić information content (AvgIpc) is 3.20. The Morgan fingerprint density at radius 1 is 0.973 bits per heavy atom. The molecule has 0 bridgehead atoms. The first kappa shape index (κ1) is 25.9. The fourth-order valence-electron chi connectivity index (χ4n) is 5.87. The fraction of sp³-hybridized carbons (Fsp3) is 0.515. The number of rotatable bonds is 10. The predicted molar refractivity (Wildman–Crippen MR) is 156 cm³/mol. The maximum Gasteiger partial charge on any atom is 0.111 e. The first-order valence-corrected chi connectivity index (χ1v) is 14.4. The molecule has 2 aromatic heterocycles. The summed E-state index contributed by atoms with van der Waals surface area (Å²) in [5.74, 6) is 2.98. The van der Waals surface area contributed by atoms with E-state index in [0.717, 1.165) is 67.5 Å². The lowest BCUT2D eigenvalue weighted by Gasteiger charge is -2.32. The fourth-order valence-corrected chi connectivity index (χ4v) is 5.87.